The summed E-state index contributed by atoms with van der Waals surface area (Å²) in [5.41, 5.74) is 1.57. The average molecular weight is 388 g/mol. The molecule has 27 heavy (non-hydrogen) atoms. The summed E-state index contributed by atoms with van der Waals surface area (Å²) in [4.78, 5) is 37.5. The van der Waals surface area contributed by atoms with E-state index in [9.17, 15) is 14.4 Å². The predicted molar refractivity (Wildman–Crippen MR) is 108 cm³/mol. The number of hydrogen-bond acceptors (Lipinski definition) is 4. The highest BCUT2D eigenvalue weighted by Gasteiger charge is 2.11. The highest BCUT2D eigenvalue weighted by atomic mass is 32.1. The van der Waals surface area contributed by atoms with Gasteiger partial charge in [0.2, 0.25) is 11.8 Å². The maximum absolute atomic E-state index is 12.0. The van der Waals surface area contributed by atoms with Gasteiger partial charge in [0, 0.05) is 23.0 Å². The van der Waals surface area contributed by atoms with Crippen LogP contribution in [0.2, 0.25) is 0 Å². The lowest BCUT2D eigenvalue weighted by Crippen LogP contribution is -2.36. The summed E-state index contributed by atoms with van der Waals surface area (Å²) in [6.45, 7) is 6.01. The molecule has 2 aromatic rings. The number of hydrogen-bond donors (Lipinski definition) is 3. The monoisotopic (exact) mass is 387 g/mol. The molecule has 0 unspecified atom stereocenters. The maximum atomic E-state index is 12.0. The standard InChI is InChI=1S/C20H25N3O3S/c1-4-13(2)19(25)23-16-7-5-6-15(10-16)11-21-18(24)12-22-20(26)17-9-8-14(3)27-17/h5-10,13H,4,11-12H2,1-3H3,(H,21,24)(H,22,26)(H,23,25)/t13-/m0/s1. The molecule has 0 saturated carbocycles. The van der Waals surface area contributed by atoms with E-state index in [0.29, 0.717) is 17.1 Å². The number of carbonyl (C=O) groups is 3. The average Bonchev–Trinajstić information content (AvgIpc) is 3.10. The first-order valence-electron chi connectivity index (χ1n) is 8.90. The Hall–Kier alpha value is -2.67. The number of thiophene rings is 1. The van der Waals surface area contributed by atoms with Gasteiger partial charge in [0.25, 0.3) is 5.91 Å². The molecule has 1 aromatic heterocycles. The number of anilines is 1. The predicted octanol–water partition coefficient (Wildman–Crippen LogP) is 3.09. The summed E-state index contributed by atoms with van der Waals surface area (Å²) in [5.74, 6) is -0.599. The molecule has 0 bridgehead atoms. The minimum Gasteiger partial charge on any atom is -0.350 e. The Morgan fingerprint density at radius 2 is 1.89 bits per heavy atom. The fourth-order valence-electron chi connectivity index (χ4n) is 2.28. The van der Waals surface area contributed by atoms with Crippen molar-refractivity contribution in [2.45, 2.75) is 33.7 Å². The van der Waals surface area contributed by atoms with Gasteiger partial charge in [-0.2, -0.15) is 0 Å². The zero-order chi connectivity index (χ0) is 19.8. The van der Waals surface area contributed by atoms with Crippen LogP contribution in [0, 0.1) is 12.8 Å². The van der Waals surface area contributed by atoms with Crippen molar-refractivity contribution in [1.29, 1.82) is 0 Å². The summed E-state index contributed by atoms with van der Waals surface area (Å²) in [6, 6.07) is 10.9. The lowest BCUT2D eigenvalue weighted by molar-refractivity contribution is -0.120. The van der Waals surface area contributed by atoms with Crippen LogP contribution in [0.25, 0.3) is 0 Å². The SMILES string of the molecule is CC[C@H](C)C(=O)Nc1cccc(CNC(=O)CNC(=O)c2ccc(C)s2)c1. The normalized spacial score (nSPS) is 11.5. The minimum atomic E-state index is -0.273. The Kier molecular flexibility index (Phi) is 7.55. The first-order valence-corrected chi connectivity index (χ1v) is 9.71. The van der Waals surface area contributed by atoms with Gasteiger partial charge in [0.15, 0.2) is 0 Å². The molecule has 1 atom stereocenters. The third-order valence-electron chi connectivity index (χ3n) is 4.12. The zero-order valence-corrected chi connectivity index (χ0v) is 16.6. The van der Waals surface area contributed by atoms with Gasteiger partial charge in [-0.25, -0.2) is 0 Å². The summed E-state index contributed by atoms with van der Waals surface area (Å²) in [7, 11) is 0. The topological polar surface area (TPSA) is 87.3 Å². The van der Waals surface area contributed by atoms with Crippen LogP contribution >= 0.6 is 11.3 Å². The Morgan fingerprint density at radius 3 is 2.56 bits per heavy atom. The van der Waals surface area contributed by atoms with E-state index in [0.717, 1.165) is 16.9 Å². The molecule has 3 N–H and O–H groups in total. The van der Waals surface area contributed by atoms with Gasteiger partial charge < -0.3 is 16.0 Å². The fourth-order valence-corrected chi connectivity index (χ4v) is 3.06. The van der Waals surface area contributed by atoms with Crippen molar-refractivity contribution in [1.82, 2.24) is 10.6 Å². The first-order chi connectivity index (χ1) is 12.9. The molecule has 0 aliphatic carbocycles. The highest BCUT2D eigenvalue weighted by molar-refractivity contribution is 7.13. The molecule has 1 aromatic carbocycles. The van der Waals surface area contributed by atoms with E-state index in [1.54, 1.807) is 6.07 Å². The number of rotatable bonds is 8. The second kappa shape index (κ2) is 9.87. The summed E-state index contributed by atoms with van der Waals surface area (Å²) >= 11 is 1.39. The molecule has 7 heteroatoms. The molecule has 2 rings (SSSR count). The van der Waals surface area contributed by atoms with Gasteiger partial charge in [-0.05, 0) is 43.2 Å². The van der Waals surface area contributed by atoms with Crippen molar-refractivity contribution in [3.05, 3.63) is 51.7 Å². The lowest BCUT2D eigenvalue weighted by atomic mass is 10.1. The van der Waals surface area contributed by atoms with Gasteiger partial charge in [0.1, 0.15) is 0 Å². The Bertz CT molecular complexity index is 816. The smallest absolute Gasteiger partial charge is 0.261 e. The molecule has 0 spiro atoms. The largest absolute Gasteiger partial charge is 0.350 e. The van der Waals surface area contributed by atoms with Crippen molar-refractivity contribution in [3.8, 4) is 0 Å². The molecule has 0 saturated heterocycles. The van der Waals surface area contributed by atoms with Crippen LogP contribution in [0.1, 0.15) is 40.4 Å². The number of benzene rings is 1. The number of nitrogens with one attached hydrogen (secondary N) is 3. The van der Waals surface area contributed by atoms with E-state index in [-0.39, 0.29) is 30.2 Å². The van der Waals surface area contributed by atoms with E-state index in [1.807, 2.05) is 51.1 Å². The van der Waals surface area contributed by atoms with Crippen LogP contribution in [-0.4, -0.2) is 24.3 Å². The van der Waals surface area contributed by atoms with Crippen molar-refractivity contribution in [2.24, 2.45) is 5.92 Å². The molecule has 0 fully saturated rings. The van der Waals surface area contributed by atoms with Gasteiger partial charge in [0.05, 0.1) is 11.4 Å². The molecule has 144 valence electrons. The first kappa shape index (κ1) is 20.6. The highest BCUT2D eigenvalue weighted by Crippen LogP contribution is 2.15. The summed E-state index contributed by atoms with van der Waals surface area (Å²) < 4.78 is 0. The Labute approximate surface area is 163 Å². The van der Waals surface area contributed by atoms with Crippen molar-refractivity contribution in [3.63, 3.8) is 0 Å². The second-order valence-corrected chi connectivity index (χ2v) is 7.66. The third kappa shape index (κ3) is 6.53. The van der Waals surface area contributed by atoms with E-state index < -0.39 is 0 Å². The van der Waals surface area contributed by atoms with Crippen molar-refractivity contribution in [2.75, 3.05) is 11.9 Å². The lowest BCUT2D eigenvalue weighted by Gasteiger charge is -2.11. The molecule has 0 aliphatic rings. The third-order valence-corrected chi connectivity index (χ3v) is 5.12. The molecule has 0 radical (unpaired) electrons. The van der Waals surface area contributed by atoms with Crippen LogP contribution in [-0.2, 0) is 16.1 Å². The van der Waals surface area contributed by atoms with Crippen LogP contribution in [0.15, 0.2) is 36.4 Å². The summed E-state index contributed by atoms with van der Waals surface area (Å²) in [6.07, 6.45) is 0.776. The quantitative estimate of drug-likeness (QED) is 0.650. The van der Waals surface area contributed by atoms with Crippen molar-refractivity contribution < 1.29 is 14.4 Å². The van der Waals surface area contributed by atoms with Crippen LogP contribution < -0.4 is 16.0 Å². The molecular formula is C20H25N3O3S. The van der Waals surface area contributed by atoms with Gasteiger partial charge in [-0.3, -0.25) is 14.4 Å². The van der Waals surface area contributed by atoms with Crippen LogP contribution in [0.4, 0.5) is 5.69 Å². The molecule has 0 aliphatic heterocycles. The van der Waals surface area contributed by atoms with Crippen LogP contribution in [0.5, 0.6) is 0 Å². The van der Waals surface area contributed by atoms with E-state index in [2.05, 4.69) is 16.0 Å². The van der Waals surface area contributed by atoms with Crippen molar-refractivity contribution >= 4 is 34.7 Å². The molecular weight excluding hydrogens is 362 g/mol. The Morgan fingerprint density at radius 1 is 1.11 bits per heavy atom. The number of carbonyl (C=O) groups excluding carboxylic acids is 3. The maximum Gasteiger partial charge on any atom is 0.261 e. The molecule has 1 heterocycles. The van der Waals surface area contributed by atoms with Gasteiger partial charge in [-0.1, -0.05) is 26.0 Å². The van der Waals surface area contributed by atoms with E-state index in [1.165, 1.54) is 11.3 Å². The van der Waals surface area contributed by atoms with E-state index >= 15 is 0 Å². The van der Waals surface area contributed by atoms with Gasteiger partial charge in [-0.15, -0.1) is 11.3 Å². The zero-order valence-electron chi connectivity index (χ0n) is 15.8. The fraction of sp³-hybridized carbons (Fsp3) is 0.350. The summed E-state index contributed by atoms with van der Waals surface area (Å²) in [5, 5.41) is 8.24. The molecule has 3 amide bonds. The number of amides is 3. The van der Waals surface area contributed by atoms with E-state index in [4.69, 9.17) is 0 Å². The van der Waals surface area contributed by atoms with Gasteiger partial charge >= 0.3 is 0 Å². The molecule has 6 nitrogen and oxygen atoms in total. The minimum absolute atomic E-state index is 0.0230. The number of aryl methyl sites for hydroxylation is 1. The second-order valence-electron chi connectivity index (χ2n) is 6.37. The van der Waals surface area contributed by atoms with Crippen LogP contribution in [0.3, 0.4) is 0 Å². The Balaban J connectivity index is 1.80.